The number of pyridine rings is 1. The first-order valence-corrected chi connectivity index (χ1v) is 12.4. The van der Waals surface area contributed by atoms with Crippen LogP contribution in [0.3, 0.4) is 0 Å². The molecule has 1 atom stereocenters. The first kappa shape index (κ1) is 27.0. The predicted octanol–water partition coefficient (Wildman–Crippen LogP) is 1.83. The second-order valence-corrected chi connectivity index (χ2v) is 9.20. The summed E-state index contributed by atoms with van der Waals surface area (Å²) in [5, 5.41) is 23.7. The quantitative estimate of drug-likeness (QED) is 0.348. The maximum Gasteiger partial charge on any atom is 0.313 e. The Kier molecular flexibility index (Phi) is 8.20. The second kappa shape index (κ2) is 11.5. The number of methoxy groups -OCH3 is 1. The lowest BCUT2D eigenvalue weighted by Crippen LogP contribution is -2.80. The topological polar surface area (TPSA) is 134 Å². The van der Waals surface area contributed by atoms with Crippen LogP contribution in [-0.4, -0.2) is 57.6 Å². The molecule has 1 aromatic carbocycles. The van der Waals surface area contributed by atoms with E-state index < -0.39 is 35.2 Å². The van der Waals surface area contributed by atoms with E-state index >= 15 is 0 Å². The molecule has 3 aromatic rings. The van der Waals surface area contributed by atoms with Gasteiger partial charge in [0.25, 0.3) is 0 Å². The zero-order valence-electron chi connectivity index (χ0n) is 20.7. The van der Waals surface area contributed by atoms with Gasteiger partial charge in [0.15, 0.2) is 5.01 Å². The predicted molar refractivity (Wildman–Crippen MR) is 134 cm³/mol. The van der Waals surface area contributed by atoms with Crippen LogP contribution in [0, 0.1) is 11.6 Å². The van der Waals surface area contributed by atoms with Gasteiger partial charge in [0.05, 0.1) is 12.8 Å². The molecule has 2 aromatic heterocycles. The van der Waals surface area contributed by atoms with Crippen molar-refractivity contribution >= 4 is 28.6 Å². The molecule has 0 saturated heterocycles. The van der Waals surface area contributed by atoms with E-state index in [0.717, 1.165) is 23.5 Å². The Morgan fingerprint density at radius 2 is 2.05 bits per heavy atom. The number of nitrogens with two attached hydrogens (primary N) is 1. The summed E-state index contributed by atoms with van der Waals surface area (Å²) in [6, 6.07) is 8.39. The molecule has 1 amide bonds. The number of benzene rings is 1. The lowest BCUT2D eigenvalue weighted by molar-refractivity contribution is -0.531. The maximum atomic E-state index is 14.0. The molecule has 4 N–H and O–H groups in total. The molecular weight excluding hydrogens is 518 g/mol. The van der Waals surface area contributed by atoms with Crippen molar-refractivity contribution in [3.8, 4) is 5.88 Å². The SMILES string of the molecule is CCN(C(=O)C1=C(O)C(=O)C(c2nnc(Cc3ccc(F)cc3F)s2)=C[NH2+]1)C(NC)c1cccc(OC)n1. The van der Waals surface area contributed by atoms with Crippen molar-refractivity contribution in [3.63, 3.8) is 0 Å². The van der Waals surface area contributed by atoms with Gasteiger partial charge < -0.3 is 14.7 Å². The average molecular weight is 544 g/mol. The summed E-state index contributed by atoms with van der Waals surface area (Å²) in [7, 11) is 3.15. The van der Waals surface area contributed by atoms with Crippen LogP contribution in [0.5, 0.6) is 5.88 Å². The number of aliphatic hydroxyl groups excluding tert-OH is 1. The fraction of sp³-hybridized carbons (Fsp3) is 0.240. The smallest absolute Gasteiger partial charge is 0.313 e. The van der Waals surface area contributed by atoms with Gasteiger partial charge in [0.1, 0.15) is 34.6 Å². The number of nitrogens with one attached hydrogen (secondary N) is 1. The lowest BCUT2D eigenvalue weighted by atomic mass is 10.1. The van der Waals surface area contributed by atoms with Gasteiger partial charge in [-0.05, 0) is 31.7 Å². The van der Waals surface area contributed by atoms with E-state index in [1.807, 2.05) is 0 Å². The van der Waals surface area contributed by atoms with Gasteiger partial charge in [-0.15, -0.1) is 10.2 Å². The molecule has 198 valence electrons. The summed E-state index contributed by atoms with van der Waals surface area (Å²) in [5.74, 6) is -3.12. The molecule has 1 aliphatic rings. The number of aliphatic hydroxyl groups is 1. The summed E-state index contributed by atoms with van der Waals surface area (Å²) in [5.41, 5.74) is 0.607. The number of hydrogen-bond acceptors (Lipinski definition) is 9. The number of ether oxygens (including phenoxy) is 1. The zero-order valence-corrected chi connectivity index (χ0v) is 21.6. The van der Waals surface area contributed by atoms with Crippen molar-refractivity contribution in [2.45, 2.75) is 19.5 Å². The van der Waals surface area contributed by atoms with Gasteiger partial charge in [-0.2, -0.15) is 0 Å². The van der Waals surface area contributed by atoms with Crippen LogP contribution in [0.15, 0.2) is 54.1 Å². The number of amides is 1. The minimum atomic E-state index is -0.789. The number of likely N-dealkylation sites (N-methyl/N-ethyl adjacent to an activating group) is 1. The number of halogens is 2. The van der Waals surface area contributed by atoms with Gasteiger partial charge in [-0.1, -0.05) is 23.5 Å². The number of quaternary nitrogens is 1. The molecule has 38 heavy (non-hydrogen) atoms. The summed E-state index contributed by atoms with van der Waals surface area (Å²) in [6.07, 6.45) is 0.786. The molecule has 13 heteroatoms. The van der Waals surface area contributed by atoms with E-state index in [4.69, 9.17) is 4.74 Å². The number of hydrogen-bond donors (Lipinski definition) is 3. The maximum absolute atomic E-state index is 14.0. The van der Waals surface area contributed by atoms with Gasteiger partial charge in [0, 0.05) is 25.1 Å². The van der Waals surface area contributed by atoms with Crippen molar-refractivity contribution in [2.24, 2.45) is 0 Å². The number of Topliss-reactive ketones (excluding diaryl/α,β-unsaturated/α-hetero) is 1. The Balaban J connectivity index is 1.54. The third-order valence-electron chi connectivity index (χ3n) is 5.84. The molecule has 0 aliphatic carbocycles. The van der Waals surface area contributed by atoms with Crippen molar-refractivity contribution < 1.29 is 33.5 Å². The van der Waals surface area contributed by atoms with Gasteiger partial charge >= 0.3 is 5.91 Å². The Morgan fingerprint density at radius 3 is 2.74 bits per heavy atom. The number of carbonyl (C=O) groups excluding carboxylic acids is 2. The normalized spacial score (nSPS) is 14.3. The number of carbonyl (C=O) groups is 2. The number of ketones is 1. The van der Waals surface area contributed by atoms with Crippen molar-refractivity contribution in [1.82, 2.24) is 25.4 Å². The van der Waals surface area contributed by atoms with Crippen LogP contribution in [0.2, 0.25) is 0 Å². The second-order valence-electron chi connectivity index (χ2n) is 8.14. The average Bonchev–Trinajstić information content (AvgIpc) is 3.38. The van der Waals surface area contributed by atoms with Gasteiger partial charge in [-0.3, -0.25) is 20.2 Å². The molecule has 1 aliphatic heterocycles. The first-order valence-electron chi connectivity index (χ1n) is 11.6. The number of allylic oxidation sites excluding steroid dienone is 1. The van der Waals surface area contributed by atoms with Crippen LogP contribution < -0.4 is 15.4 Å². The number of nitrogens with zero attached hydrogens (tertiary/aromatic N) is 4. The van der Waals surface area contributed by atoms with Crippen LogP contribution in [0.4, 0.5) is 8.78 Å². The Morgan fingerprint density at radius 1 is 1.26 bits per heavy atom. The molecule has 3 heterocycles. The van der Waals surface area contributed by atoms with Gasteiger partial charge in [0.2, 0.25) is 23.1 Å². The minimum absolute atomic E-state index is 0.0463. The van der Waals surface area contributed by atoms with Crippen LogP contribution in [0.25, 0.3) is 5.57 Å². The van der Waals surface area contributed by atoms with E-state index in [1.165, 1.54) is 29.6 Å². The van der Waals surface area contributed by atoms with E-state index in [2.05, 4.69) is 20.5 Å². The van der Waals surface area contributed by atoms with Crippen molar-refractivity contribution in [3.05, 3.63) is 87.0 Å². The number of aromatic nitrogens is 3. The molecule has 4 rings (SSSR count). The Labute approximate surface area is 220 Å². The number of rotatable bonds is 9. The van der Waals surface area contributed by atoms with E-state index in [-0.39, 0.29) is 34.8 Å². The molecule has 1 unspecified atom stereocenters. The first-order chi connectivity index (χ1) is 18.3. The molecule has 0 spiro atoms. The molecular formula is C25H25F2N6O4S+. The minimum Gasteiger partial charge on any atom is -0.500 e. The third-order valence-corrected chi connectivity index (χ3v) is 6.79. The summed E-state index contributed by atoms with van der Waals surface area (Å²) >= 11 is 1.03. The third kappa shape index (κ3) is 5.44. The monoisotopic (exact) mass is 543 g/mol. The molecule has 0 fully saturated rings. The Bertz CT molecular complexity index is 1440. The van der Waals surface area contributed by atoms with Crippen LogP contribution in [-0.2, 0) is 16.0 Å². The lowest BCUT2D eigenvalue weighted by Gasteiger charge is -2.30. The van der Waals surface area contributed by atoms with Gasteiger partial charge in [-0.25, -0.2) is 13.8 Å². The van der Waals surface area contributed by atoms with Crippen LogP contribution in [0.1, 0.15) is 34.4 Å². The highest BCUT2D eigenvalue weighted by atomic mass is 32.1. The highest BCUT2D eigenvalue weighted by Gasteiger charge is 2.37. The summed E-state index contributed by atoms with van der Waals surface area (Å²) in [4.78, 5) is 32.3. The van der Waals surface area contributed by atoms with Crippen molar-refractivity contribution in [2.75, 3.05) is 20.7 Å². The fourth-order valence-electron chi connectivity index (χ4n) is 3.93. The largest absolute Gasteiger partial charge is 0.500 e. The van der Waals surface area contributed by atoms with E-state index in [0.29, 0.717) is 16.6 Å². The Hall–Kier alpha value is -4.07. The fourth-order valence-corrected chi connectivity index (χ4v) is 4.82. The van der Waals surface area contributed by atoms with Crippen molar-refractivity contribution in [1.29, 1.82) is 0 Å². The highest BCUT2D eigenvalue weighted by molar-refractivity contribution is 7.12. The molecule has 10 nitrogen and oxygen atoms in total. The standard InChI is InChI=1S/C25H24F2N6O4S/c1-4-33(23(28-2)17-6-5-7-18(30-17)37-3)25(36)20-22(35)21(34)15(12-29-20)24-32-31-19(38-24)10-13-8-9-14(26)11-16(13)27/h5-9,11-12,23,28,35H,4,10H2,1-3H3,(H,29,34)/p+1. The molecule has 0 radical (unpaired) electrons. The van der Waals surface area contributed by atoms with E-state index in [1.54, 1.807) is 32.2 Å². The van der Waals surface area contributed by atoms with Crippen LogP contribution >= 0.6 is 11.3 Å². The molecule has 0 bridgehead atoms. The zero-order chi connectivity index (χ0) is 27.4. The molecule has 0 saturated carbocycles. The summed E-state index contributed by atoms with van der Waals surface area (Å²) in [6.45, 7) is 2.01. The van der Waals surface area contributed by atoms with E-state index in [9.17, 15) is 23.5 Å². The highest BCUT2D eigenvalue weighted by Crippen LogP contribution is 2.27. The summed E-state index contributed by atoms with van der Waals surface area (Å²) < 4.78 is 32.4.